The highest BCUT2D eigenvalue weighted by Crippen LogP contribution is 2.32. The summed E-state index contributed by atoms with van der Waals surface area (Å²) in [4.78, 5) is 57.6. The smallest absolute Gasteiger partial charge is 0.413 e. The molecule has 3 N–H and O–H groups in total. The van der Waals surface area contributed by atoms with E-state index in [9.17, 15) is 19.2 Å². The van der Waals surface area contributed by atoms with Gasteiger partial charge in [0.05, 0.1) is 6.04 Å². The lowest BCUT2D eigenvalue weighted by atomic mass is 10.0. The monoisotopic (exact) mass is 543 g/mol. The van der Waals surface area contributed by atoms with Gasteiger partial charge in [-0.1, -0.05) is 50.2 Å². The van der Waals surface area contributed by atoms with Crippen molar-refractivity contribution in [2.24, 2.45) is 5.92 Å². The molecule has 10 heteroatoms. The van der Waals surface area contributed by atoms with Gasteiger partial charge in [0.2, 0.25) is 5.91 Å². The van der Waals surface area contributed by atoms with Crippen molar-refractivity contribution in [3.05, 3.63) is 89.6 Å². The Balaban J connectivity index is 1.48. The van der Waals surface area contributed by atoms with Gasteiger partial charge >= 0.3 is 6.09 Å². The van der Waals surface area contributed by atoms with Crippen molar-refractivity contribution in [3.63, 3.8) is 0 Å². The fourth-order valence-corrected chi connectivity index (χ4v) is 4.37. The Morgan fingerprint density at radius 2 is 1.60 bits per heavy atom. The molecule has 1 aliphatic heterocycles. The maximum Gasteiger partial charge on any atom is 0.413 e. The third kappa shape index (κ3) is 6.35. The van der Waals surface area contributed by atoms with Crippen LogP contribution in [0.25, 0.3) is 0 Å². The standard InChI is InChI=1S/C30H33N5O5/c1-18(2)25(34-28(37)19(3)31-4)29(38)35-24(17-22-11-8-16-32-27(22)35)40-30(39)33-23-14-12-21(13-15-23)26(36)20-9-6-5-7-10-20/h5-16,18-19,24-25,31H,17H2,1-4H3,(H,33,39)(H,34,37)/t19-,24-,25-/m0/s1. The molecule has 0 bridgehead atoms. The van der Waals surface area contributed by atoms with Crippen LogP contribution in [0.15, 0.2) is 72.9 Å². The minimum atomic E-state index is -0.962. The molecular weight excluding hydrogens is 510 g/mol. The van der Waals surface area contributed by atoms with E-state index in [1.807, 2.05) is 26.0 Å². The first-order chi connectivity index (χ1) is 19.2. The third-order valence-corrected chi connectivity index (χ3v) is 6.74. The molecule has 0 saturated heterocycles. The van der Waals surface area contributed by atoms with Gasteiger partial charge in [0, 0.05) is 35.0 Å². The van der Waals surface area contributed by atoms with Crippen molar-refractivity contribution >= 4 is 35.2 Å². The number of carbonyl (C=O) groups excluding carboxylic acids is 4. The van der Waals surface area contributed by atoms with E-state index in [2.05, 4.69) is 20.9 Å². The van der Waals surface area contributed by atoms with E-state index in [1.54, 1.807) is 74.8 Å². The number of ketones is 1. The average Bonchev–Trinajstić information content (AvgIpc) is 3.32. The molecule has 3 atom stereocenters. The summed E-state index contributed by atoms with van der Waals surface area (Å²) in [6.45, 7) is 5.36. The first-order valence-electron chi connectivity index (χ1n) is 13.1. The first kappa shape index (κ1) is 28.4. The lowest BCUT2D eigenvalue weighted by molar-refractivity contribution is -0.130. The van der Waals surface area contributed by atoms with Crippen LogP contribution in [0.2, 0.25) is 0 Å². The lowest BCUT2D eigenvalue weighted by Crippen LogP contribution is -2.56. The molecule has 208 valence electrons. The number of carbonyl (C=O) groups is 4. The normalized spacial score (nSPS) is 15.6. The molecule has 0 fully saturated rings. The molecule has 2 heterocycles. The van der Waals surface area contributed by atoms with Gasteiger partial charge < -0.3 is 15.4 Å². The number of nitrogens with zero attached hydrogens (tertiary/aromatic N) is 2. The minimum absolute atomic E-state index is 0.129. The van der Waals surface area contributed by atoms with Crippen LogP contribution in [0, 0.1) is 5.92 Å². The van der Waals surface area contributed by atoms with Crippen LogP contribution in [0.5, 0.6) is 0 Å². The molecule has 40 heavy (non-hydrogen) atoms. The Labute approximate surface area is 233 Å². The summed E-state index contributed by atoms with van der Waals surface area (Å²) in [6.07, 6.45) is 0.0765. The highest BCUT2D eigenvalue weighted by Gasteiger charge is 2.41. The van der Waals surface area contributed by atoms with Gasteiger partial charge in [-0.15, -0.1) is 0 Å². The van der Waals surface area contributed by atoms with Crippen LogP contribution in [0.4, 0.5) is 16.3 Å². The molecule has 0 aliphatic carbocycles. The second-order valence-electron chi connectivity index (χ2n) is 9.90. The summed E-state index contributed by atoms with van der Waals surface area (Å²) in [5, 5.41) is 8.33. The highest BCUT2D eigenvalue weighted by molar-refractivity contribution is 6.09. The molecule has 10 nitrogen and oxygen atoms in total. The van der Waals surface area contributed by atoms with Gasteiger partial charge in [-0.25, -0.2) is 9.78 Å². The van der Waals surface area contributed by atoms with Crippen LogP contribution in [0.1, 0.15) is 42.3 Å². The SMILES string of the molecule is CN[C@@H](C)C(=O)N[C@H](C(=O)N1c2ncccc2C[C@@H]1OC(=O)Nc1ccc(C(=O)c2ccccc2)cc1)C(C)C. The number of hydrogen-bond acceptors (Lipinski definition) is 7. The summed E-state index contributed by atoms with van der Waals surface area (Å²) >= 11 is 0. The van der Waals surface area contributed by atoms with Crippen LogP contribution in [0.3, 0.4) is 0 Å². The van der Waals surface area contributed by atoms with E-state index in [-0.39, 0.29) is 24.0 Å². The molecule has 2 aromatic carbocycles. The highest BCUT2D eigenvalue weighted by atomic mass is 16.6. The molecule has 0 radical (unpaired) electrons. The van der Waals surface area contributed by atoms with E-state index in [1.165, 1.54) is 4.90 Å². The van der Waals surface area contributed by atoms with Crippen LogP contribution in [-0.4, -0.2) is 54.0 Å². The molecule has 3 aromatic rings. The average molecular weight is 544 g/mol. The van der Waals surface area contributed by atoms with E-state index >= 15 is 0 Å². The van der Waals surface area contributed by atoms with E-state index in [0.29, 0.717) is 22.6 Å². The van der Waals surface area contributed by atoms with E-state index < -0.39 is 30.3 Å². The maximum atomic E-state index is 13.8. The lowest BCUT2D eigenvalue weighted by Gasteiger charge is -2.31. The van der Waals surface area contributed by atoms with Gasteiger partial charge in [0.15, 0.2) is 12.0 Å². The van der Waals surface area contributed by atoms with Gasteiger partial charge in [-0.05, 0) is 50.2 Å². The van der Waals surface area contributed by atoms with Crippen LogP contribution < -0.4 is 20.9 Å². The number of ether oxygens (including phenoxy) is 1. The summed E-state index contributed by atoms with van der Waals surface area (Å²) < 4.78 is 5.71. The number of likely N-dealkylation sites (N-methyl/N-ethyl adjacent to an activating group) is 1. The Bertz CT molecular complexity index is 1380. The second-order valence-corrected chi connectivity index (χ2v) is 9.90. The number of nitrogens with one attached hydrogen (secondary N) is 3. The Morgan fingerprint density at radius 1 is 0.925 bits per heavy atom. The number of rotatable bonds is 9. The molecular formula is C30H33N5O5. The van der Waals surface area contributed by atoms with Crippen LogP contribution in [-0.2, 0) is 20.7 Å². The summed E-state index contributed by atoms with van der Waals surface area (Å²) in [6, 6.07) is 17.6. The summed E-state index contributed by atoms with van der Waals surface area (Å²) in [5.41, 5.74) is 2.22. The summed E-state index contributed by atoms with van der Waals surface area (Å²) in [7, 11) is 1.66. The maximum absolute atomic E-state index is 13.8. The molecule has 4 rings (SSSR count). The van der Waals surface area contributed by atoms with Crippen molar-refractivity contribution in [1.29, 1.82) is 0 Å². The number of benzene rings is 2. The number of amides is 3. The van der Waals surface area contributed by atoms with E-state index in [0.717, 1.165) is 5.56 Å². The van der Waals surface area contributed by atoms with Gasteiger partial charge in [-0.2, -0.15) is 0 Å². The topological polar surface area (TPSA) is 130 Å². The van der Waals surface area contributed by atoms with E-state index in [4.69, 9.17) is 4.74 Å². The number of aromatic nitrogens is 1. The predicted octanol–water partition coefficient (Wildman–Crippen LogP) is 3.53. The number of anilines is 2. The molecule has 1 aliphatic rings. The van der Waals surface area contributed by atoms with Gasteiger partial charge in [-0.3, -0.25) is 24.6 Å². The number of pyridine rings is 1. The Kier molecular flexibility index (Phi) is 8.90. The number of fused-ring (bicyclic) bond motifs is 1. The van der Waals surface area contributed by atoms with Crippen LogP contribution >= 0.6 is 0 Å². The van der Waals surface area contributed by atoms with Crippen molar-refractivity contribution in [3.8, 4) is 0 Å². The number of hydrogen-bond donors (Lipinski definition) is 3. The zero-order valence-corrected chi connectivity index (χ0v) is 22.9. The van der Waals surface area contributed by atoms with Gasteiger partial charge in [0.25, 0.3) is 5.91 Å². The van der Waals surface area contributed by atoms with Crippen molar-refractivity contribution in [2.75, 3.05) is 17.3 Å². The summed E-state index contributed by atoms with van der Waals surface area (Å²) in [5.74, 6) is -0.725. The van der Waals surface area contributed by atoms with Gasteiger partial charge in [0.1, 0.15) is 11.9 Å². The quantitative estimate of drug-likeness (QED) is 0.352. The zero-order chi connectivity index (χ0) is 28.8. The fraction of sp³-hybridized carbons (Fsp3) is 0.300. The Hall–Kier alpha value is -4.57. The van der Waals surface area contributed by atoms with Crippen molar-refractivity contribution < 1.29 is 23.9 Å². The fourth-order valence-electron chi connectivity index (χ4n) is 4.37. The molecule has 3 amide bonds. The molecule has 0 saturated carbocycles. The third-order valence-electron chi connectivity index (χ3n) is 6.74. The minimum Gasteiger partial charge on any atom is -0.424 e. The largest absolute Gasteiger partial charge is 0.424 e. The predicted molar refractivity (Wildman–Crippen MR) is 151 cm³/mol. The van der Waals surface area contributed by atoms with Crippen molar-refractivity contribution in [2.45, 2.75) is 45.5 Å². The first-order valence-corrected chi connectivity index (χ1v) is 13.1. The molecule has 0 spiro atoms. The molecule has 0 unspecified atom stereocenters. The Morgan fingerprint density at radius 3 is 2.25 bits per heavy atom. The van der Waals surface area contributed by atoms with Crippen molar-refractivity contribution in [1.82, 2.24) is 15.6 Å². The second kappa shape index (κ2) is 12.5. The molecule has 1 aromatic heterocycles. The zero-order valence-electron chi connectivity index (χ0n) is 22.9.